The SMILES string of the molecule is CC(C)(C)OC(=O)N1CCN2C[C@](O)(c3ccc(Cl)cc3)CC[C@H]2C1. The number of rotatable bonds is 1. The van der Waals surface area contributed by atoms with E-state index in [1.807, 2.05) is 45.0 Å². The number of benzene rings is 1. The zero-order chi connectivity index (χ0) is 18.2. The summed E-state index contributed by atoms with van der Waals surface area (Å²) in [6, 6.07) is 7.72. The number of nitrogens with zero attached hydrogens (tertiary/aromatic N) is 2. The minimum Gasteiger partial charge on any atom is -0.444 e. The molecule has 0 saturated carbocycles. The number of ether oxygens (including phenoxy) is 1. The summed E-state index contributed by atoms with van der Waals surface area (Å²) in [4.78, 5) is 16.4. The monoisotopic (exact) mass is 366 g/mol. The smallest absolute Gasteiger partial charge is 0.410 e. The molecule has 6 heteroatoms. The van der Waals surface area contributed by atoms with Crippen molar-refractivity contribution in [1.82, 2.24) is 9.80 Å². The van der Waals surface area contributed by atoms with Gasteiger partial charge >= 0.3 is 6.09 Å². The van der Waals surface area contributed by atoms with Gasteiger partial charge in [-0.15, -0.1) is 0 Å². The van der Waals surface area contributed by atoms with E-state index in [1.165, 1.54) is 0 Å². The van der Waals surface area contributed by atoms with Gasteiger partial charge in [-0.25, -0.2) is 4.79 Å². The van der Waals surface area contributed by atoms with Gasteiger partial charge in [0.1, 0.15) is 11.2 Å². The van der Waals surface area contributed by atoms with Crippen LogP contribution >= 0.6 is 11.6 Å². The van der Waals surface area contributed by atoms with E-state index in [4.69, 9.17) is 16.3 Å². The zero-order valence-corrected chi connectivity index (χ0v) is 15.9. The Balaban J connectivity index is 1.64. The number of hydrogen-bond donors (Lipinski definition) is 1. The molecule has 1 aromatic carbocycles. The minimum atomic E-state index is -0.852. The van der Waals surface area contributed by atoms with Crippen LogP contribution in [0.4, 0.5) is 4.79 Å². The highest BCUT2D eigenvalue weighted by atomic mass is 35.5. The number of piperazine rings is 1. The van der Waals surface area contributed by atoms with Crippen molar-refractivity contribution in [3.63, 3.8) is 0 Å². The lowest BCUT2D eigenvalue weighted by molar-refractivity contribution is -0.0786. The molecule has 2 atom stereocenters. The number of carbonyl (C=O) groups is 1. The Hall–Kier alpha value is -1.30. The van der Waals surface area contributed by atoms with Gasteiger partial charge in [0.05, 0.1) is 0 Å². The quantitative estimate of drug-likeness (QED) is 0.829. The van der Waals surface area contributed by atoms with Gasteiger partial charge in [-0.05, 0) is 51.3 Å². The highest BCUT2D eigenvalue weighted by Crippen LogP contribution is 2.36. The predicted molar refractivity (Wildman–Crippen MR) is 97.8 cm³/mol. The molecule has 0 aliphatic carbocycles. The normalized spacial score (nSPS) is 27.7. The Morgan fingerprint density at radius 2 is 1.96 bits per heavy atom. The lowest BCUT2D eigenvalue weighted by atomic mass is 9.82. The first kappa shape index (κ1) is 18.5. The van der Waals surface area contributed by atoms with Gasteiger partial charge < -0.3 is 14.7 Å². The molecule has 0 radical (unpaired) electrons. The van der Waals surface area contributed by atoms with Gasteiger partial charge in [0.25, 0.3) is 0 Å². The van der Waals surface area contributed by atoms with Crippen molar-refractivity contribution in [2.75, 3.05) is 26.2 Å². The average molecular weight is 367 g/mol. The highest BCUT2D eigenvalue weighted by molar-refractivity contribution is 6.30. The standard InChI is InChI=1S/C19H27ClN2O3/c1-18(2,3)25-17(23)21-10-11-22-13-19(24,9-8-16(22)12-21)14-4-6-15(20)7-5-14/h4-7,16,24H,8-13H2,1-3H3/t16-,19-/m0/s1. The Bertz CT molecular complexity index is 629. The average Bonchev–Trinajstić information content (AvgIpc) is 2.53. The van der Waals surface area contributed by atoms with Crippen molar-refractivity contribution in [1.29, 1.82) is 0 Å². The van der Waals surface area contributed by atoms with Gasteiger partial charge in [0, 0.05) is 37.2 Å². The molecule has 3 rings (SSSR count). The molecule has 1 N–H and O–H groups in total. The maximum absolute atomic E-state index is 12.3. The molecule has 1 amide bonds. The molecule has 2 saturated heterocycles. The summed E-state index contributed by atoms with van der Waals surface area (Å²) in [6.07, 6.45) is 1.28. The van der Waals surface area contributed by atoms with Crippen LogP contribution in [0.15, 0.2) is 24.3 Å². The molecule has 2 aliphatic heterocycles. The fourth-order valence-electron chi connectivity index (χ4n) is 3.68. The van der Waals surface area contributed by atoms with Crippen molar-refractivity contribution < 1.29 is 14.6 Å². The number of aliphatic hydroxyl groups is 1. The van der Waals surface area contributed by atoms with E-state index in [0.717, 1.165) is 18.5 Å². The zero-order valence-electron chi connectivity index (χ0n) is 15.2. The third kappa shape index (κ3) is 4.27. The largest absolute Gasteiger partial charge is 0.444 e. The van der Waals surface area contributed by atoms with Crippen LogP contribution in [0.1, 0.15) is 39.2 Å². The maximum atomic E-state index is 12.3. The fraction of sp³-hybridized carbons (Fsp3) is 0.632. The van der Waals surface area contributed by atoms with Crippen LogP contribution < -0.4 is 0 Å². The molecule has 0 spiro atoms. The summed E-state index contributed by atoms with van der Waals surface area (Å²) in [5.74, 6) is 0. The molecular formula is C19H27ClN2O3. The molecular weight excluding hydrogens is 340 g/mol. The second kappa shape index (κ2) is 6.78. The van der Waals surface area contributed by atoms with Crippen LogP contribution in [-0.2, 0) is 10.3 Å². The molecule has 138 valence electrons. The molecule has 2 aliphatic rings. The van der Waals surface area contributed by atoms with Crippen molar-refractivity contribution >= 4 is 17.7 Å². The Kier molecular flexibility index (Phi) is 5.02. The third-order valence-corrected chi connectivity index (χ3v) is 5.25. The fourth-order valence-corrected chi connectivity index (χ4v) is 3.81. The molecule has 1 aromatic rings. The van der Waals surface area contributed by atoms with E-state index in [1.54, 1.807) is 4.90 Å². The highest BCUT2D eigenvalue weighted by Gasteiger charge is 2.42. The van der Waals surface area contributed by atoms with Crippen LogP contribution in [0.2, 0.25) is 5.02 Å². The van der Waals surface area contributed by atoms with Crippen molar-refractivity contribution in [3.05, 3.63) is 34.9 Å². The summed E-state index contributed by atoms with van der Waals surface area (Å²) >= 11 is 5.96. The number of hydrogen-bond acceptors (Lipinski definition) is 4. The van der Waals surface area contributed by atoms with E-state index < -0.39 is 11.2 Å². The van der Waals surface area contributed by atoms with E-state index in [9.17, 15) is 9.90 Å². The number of piperidine rings is 1. The summed E-state index contributed by atoms with van der Waals surface area (Å²) in [6.45, 7) is 8.27. The second-order valence-corrected chi connectivity index (χ2v) is 8.56. The lowest BCUT2D eigenvalue weighted by Gasteiger charge is -2.49. The summed E-state index contributed by atoms with van der Waals surface area (Å²) < 4.78 is 5.48. The van der Waals surface area contributed by atoms with E-state index >= 15 is 0 Å². The number of halogens is 1. The maximum Gasteiger partial charge on any atom is 0.410 e. The molecule has 0 bridgehead atoms. The first-order valence-electron chi connectivity index (χ1n) is 8.87. The Morgan fingerprint density at radius 1 is 1.28 bits per heavy atom. The molecule has 25 heavy (non-hydrogen) atoms. The van der Waals surface area contributed by atoms with E-state index in [0.29, 0.717) is 31.1 Å². The molecule has 0 aromatic heterocycles. The lowest BCUT2D eigenvalue weighted by Crippen LogP contribution is -2.61. The van der Waals surface area contributed by atoms with Gasteiger partial charge in [-0.3, -0.25) is 4.90 Å². The third-order valence-electron chi connectivity index (χ3n) is 4.99. The number of carbonyl (C=O) groups excluding carboxylic acids is 1. The first-order valence-corrected chi connectivity index (χ1v) is 9.24. The van der Waals surface area contributed by atoms with E-state index in [2.05, 4.69) is 4.90 Å². The van der Waals surface area contributed by atoms with Gasteiger partial charge in [0.15, 0.2) is 0 Å². The Morgan fingerprint density at radius 3 is 2.60 bits per heavy atom. The van der Waals surface area contributed by atoms with Gasteiger partial charge in [-0.2, -0.15) is 0 Å². The first-order chi connectivity index (χ1) is 11.7. The van der Waals surface area contributed by atoms with Crippen LogP contribution in [-0.4, -0.2) is 58.8 Å². The van der Waals surface area contributed by atoms with Crippen molar-refractivity contribution in [2.24, 2.45) is 0 Å². The summed E-state index contributed by atoms with van der Waals surface area (Å²) in [7, 11) is 0. The number of fused-ring (bicyclic) bond motifs is 1. The second-order valence-electron chi connectivity index (χ2n) is 8.13. The molecule has 0 unspecified atom stereocenters. The van der Waals surface area contributed by atoms with Crippen LogP contribution in [0.25, 0.3) is 0 Å². The topological polar surface area (TPSA) is 53.0 Å². The van der Waals surface area contributed by atoms with Crippen LogP contribution in [0.5, 0.6) is 0 Å². The molecule has 2 heterocycles. The van der Waals surface area contributed by atoms with Crippen LogP contribution in [0.3, 0.4) is 0 Å². The summed E-state index contributed by atoms with van der Waals surface area (Å²) in [5.41, 5.74) is -0.421. The van der Waals surface area contributed by atoms with Crippen molar-refractivity contribution in [3.8, 4) is 0 Å². The predicted octanol–water partition coefficient (Wildman–Crippen LogP) is 3.24. The van der Waals surface area contributed by atoms with Crippen LogP contribution in [0, 0.1) is 0 Å². The van der Waals surface area contributed by atoms with Gasteiger partial charge in [-0.1, -0.05) is 23.7 Å². The number of amides is 1. The minimum absolute atomic E-state index is 0.245. The van der Waals surface area contributed by atoms with E-state index in [-0.39, 0.29) is 12.1 Å². The molecule has 2 fully saturated rings. The molecule has 5 nitrogen and oxygen atoms in total. The van der Waals surface area contributed by atoms with Gasteiger partial charge in [0.2, 0.25) is 0 Å². The summed E-state index contributed by atoms with van der Waals surface area (Å²) in [5, 5.41) is 11.8. The Labute approximate surface area is 154 Å². The van der Waals surface area contributed by atoms with Crippen molar-refractivity contribution in [2.45, 2.75) is 50.9 Å².